The van der Waals surface area contributed by atoms with Crippen molar-refractivity contribution < 1.29 is 4.79 Å². The molecule has 2 aromatic rings. The zero-order valence-electron chi connectivity index (χ0n) is 14.7. The van der Waals surface area contributed by atoms with Crippen LogP contribution in [0.1, 0.15) is 22.3 Å². The van der Waals surface area contributed by atoms with Crippen LogP contribution in [0.2, 0.25) is 5.02 Å². The third-order valence-electron chi connectivity index (χ3n) is 3.75. The first-order chi connectivity index (χ1) is 11.9. The molecule has 0 radical (unpaired) electrons. The Kier molecular flexibility index (Phi) is 7.53. The van der Waals surface area contributed by atoms with Crippen molar-refractivity contribution in [2.24, 2.45) is 0 Å². The molecule has 0 atom stereocenters. The summed E-state index contributed by atoms with van der Waals surface area (Å²) < 4.78 is 1.18. The van der Waals surface area contributed by atoms with E-state index < -0.39 is 0 Å². The number of amides is 1. The van der Waals surface area contributed by atoms with Crippen molar-refractivity contribution in [3.63, 3.8) is 0 Å². The van der Waals surface area contributed by atoms with Crippen LogP contribution in [0.4, 0.5) is 11.4 Å². The minimum Gasteiger partial charge on any atom is -0.355 e. The molecule has 2 N–H and O–H groups in total. The molecule has 0 saturated carbocycles. The molecule has 0 aliphatic heterocycles. The first kappa shape index (κ1) is 20.0. The van der Waals surface area contributed by atoms with Gasteiger partial charge in [0.2, 0.25) is 0 Å². The molecular formula is C19H23ClIN3O. The van der Waals surface area contributed by atoms with E-state index in [2.05, 4.69) is 44.2 Å². The topological polar surface area (TPSA) is 44.4 Å². The number of carbonyl (C=O) groups excluding carboxylic acids is 1. The molecule has 0 aromatic heterocycles. The van der Waals surface area contributed by atoms with Gasteiger partial charge in [-0.2, -0.15) is 0 Å². The van der Waals surface area contributed by atoms with Crippen molar-refractivity contribution in [3.05, 3.63) is 56.1 Å². The highest BCUT2D eigenvalue weighted by Crippen LogP contribution is 2.27. The zero-order chi connectivity index (χ0) is 18.4. The number of hydrogen-bond acceptors (Lipinski definition) is 3. The van der Waals surface area contributed by atoms with Crippen molar-refractivity contribution in [2.45, 2.75) is 13.3 Å². The monoisotopic (exact) mass is 471 g/mol. The van der Waals surface area contributed by atoms with Crippen LogP contribution < -0.4 is 10.6 Å². The van der Waals surface area contributed by atoms with Gasteiger partial charge in [0.1, 0.15) is 0 Å². The molecule has 0 fully saturated rings. The number of hydrogen-bond donors (Lipinski definition) is 2. The predicted molar refractivity (Wildman–Crippen MR) is 114 cm³/mol. The lowest BCUT2D eigenvalue weighted by atomic mass is 10.1. The lowest BCUT2D eigenvalue weighted by molar-refractivity contribution is 0.0953. The molecule has 25 heavy (non-hydrogen) atoms. The van der Waals surface area contributed by atoms with Gasteiger partial charge in [0.05, 0.1) is 11.3 Å². The van der Waals surface area contributed by atoms with E-state index in [0.717, 1.165) is 29.9 Å². The van der Waals surface area contributed by atoms with Gasteiger partial charge in [-0.1, -0.05) is 11.6 Å². The maximum Gasteiger partial charge on any atom is 0.253 e. The Bertz CT molecular complexity index is 749. The summed E-state index contributed by atoms with van der Waals surface area (Å²) >= 11 is 8.39. The second-order valence-corrected chi connectivity index (χ2v) is 7.87. The number of rotatable bonds is 7. The highest BCUT2D eigenvalue weighted by atomic mass is 127. The van der Waals surface area contributed by atoms with Crippen LogP contribution in [0.25, 0.3) is 0 Å². The predicted octanol–water partition coefficient (Wildman–Crippen LogP) is 4.68. The zero-order valence-corrected chi connectivity index (χ0v) is 17.6. The average molecular weight is 472 g/mol. The number of anilines is 2. The summed E-state index contributed by atoms with van der Waals surface area (Å²) in [7, 11) is 4.04. The largest absolute Gasteiger partial charge is 0.355 e. The second kappa shape index (κ2) is 9.40. The molecule has 134 valence electrons. The van der Waals surface area contributed by atoms with Crippen molar-refractivity contribution in [1.29, 1.82) is 0 Å². The molecule has 0 heterocycles. The molecule has 2 aromatic carbocycles. The summed E-state index contributed by atoms with van der Waals surface area (Å²) in [4.78, 5) is 14.7. The van der Waals surface area contributed by atoms with Gasteiger partial charge < -0.3 is 15.5 Å². The third kappa shape index (κ3) is 6.17. The third-order valence-corrected chi connectivity index (χ3v) is 4.66. The van der Waals surface area contributed by atoms with E-state index in [-0.39, 0.29) is 5.91 Å². The van der Waals surface area contributed by atoms with Crippen LogP contribution in [-0.4, -0.2) is 38.0 Å². The first-order valence-electron chi connectivity index (χ1n) is 8.12. The maximum atomic E-state index is 12.6. The van der Waals surface area contributed by atoms with Crippen molar-refractivity contribution >= 4 is 51.5 Å². The standard InChI is InChI=1S/C19H23ClIN3O/c1-13-11-15(21)6-8-17(13)23-18-7-5-14(20)12-16(18)19(25)22-9-4-10-24(2)3/h5-8,11-12,23H,4,9-10H2,1-3H3,(H,22,25). The lowest BCUT2D eigenvalue weighted by Crippen LogP contribution is -2.27. The van der Waals surface area contributed by atoms with E-state index in [0.29, 0.717) is 17.1 Å². The molecule has 0 spiro atoms. The Labute approximate surface area is 168 Å². The van der Waals surface area contributed by atoms with Crippen LogP contribution in [-0.2, 0) is 0 Å². The molecule has 2 rings (SSSR count). The molecule has 0 bridgehead atoms. The van der Waals surface area contributed by atoms with Gasteiger partial charge in [-0.3, -0.25) is 4.79 Å². The van der Waals surface area contributed by atoms with Gasteiger partial charge in [-0.25, -0.2) is 0 Å². The maximum absolute atomic E-state index is 12.6. The molecule has 1 amide bonds. The minimum atomic E-state index is -0.119. The molecule has 0 saturated heterocycles. The SMILES string of the molecule is Cc1cc(I)ccc1Nc1ccc(Cl)cc1C(=O)NCCCN(C)C. The summed E-state index contributed by atoms with van der Waals surface area (Å²) in [5.41, 5.74) is 3.40. The summed E-state index contributed by atoms with van der Waals surface area (Å²) in [5.74, 6) is -0.119. The quantitative estimate of drug-likeness (QED) is 0.455. The van der Waals surface area contributed by atoms with Gasteiger partial charge in [0.15, 0.2) is 0 Å². The fraction of sp³-hybridized carbons (Fsp3) is 0.316. The number of aryl methyl sites for hydroxylation is 1. The Hall–Kier alpha value is -1.31. The van der Waals surface area contributed by atoms with E-state index in [4.69, 9.17) is 11.6 Å². The van der Waals surface area contributed by atoms with Crippen molar-refractivity contribution in [3.8, 4) is 0 Å². The smallest absolute Gasteiger partial charge is 0.253 e. The second-order valence-electron chi connectivity index (χ2n) is 6.19. The summed E-state index contributed by atoms with van der Waals surface area (Å²) in [6.07, 6.45) is 0.901. The van der Waals surface area contributed by atoms with E-state index in [1.807, 2.05) is 39.2 Å². The summed E-state index contributed by atoms with van der Waals surface area (Å²) in [6.45, 7) is 3.61. The summed E-state index contributed by atoms with van der Waals surface area (Å²) in [5, 5.41) is 6.86. The van der Waals surface area contributed by atoms with E-state index in [1.165, 1.54) is 3.57 Å². The minimum absolute atomic E-state index is 0.119. The number of benzene rings is 2. The number of carbonyl (C=O) groups is 1. The summed E-state index contributed by atoms with van der Waals surface area (Å²) in [6, 6.07) is 11.5. The van der Waals surface area contributed by atoms with Gasteiger partial charge in [-0.05, 0) is 98.5 Å². The van der Waals surface area contributed by atoms with E-state index in [9.17, 15) is 4.79 Å². The Morgan fingerprint density at radius 2 is 1.88 bits per heavy atom. The van der Waals surface area contributed by atoms with Gasteiger partial charge >= 0.3 is 0 Å². The van der Waals surface area contributed by atoms with Crippen LogP contribution in [0.3, 0.4) is 0 Å². The number of halogens is 2. The van der Waals surface area contributed by atoms with Gasteiger partial charge in [0.25, 0.3) is 5.91 Å². The first-order valence-corrected chi connectivity index (χ1v) is 9.58. The normalized spacial score (nSPS) is 10.8. The molecule has 0 aliphatic rings. The molecule has 6 heteroatoms. The number of nitrogens with zero attached hydrogens (tertiary/aromatic N) is 1. The highest BCUT2D eigenvalue weighted by Gasteiger charge is 2.13. The van der Waals surface area contributed by atoms with Gasteiger partial charge in [-0.15, -0.1) is 0 Å². The van der Waals surface area contributed by atoms with Gasteiger partial charge in [0, 0.05) is 20.8 Å². The van der Waals surface area contributed by atoms with Crippen LogP contribution >= 0.6 is 34.2 Å². The molecular weight excluding hydrogens is 449 g/mol. The Morgan fingerprint density at radius 1 is 1.16 bits per heavy atom. The van der Waals surface area contributed by atoms with Crippen LogP contribution in [0.15, 0.2) is 36.4 Å². The number of nitrogens with one attached hydrogen (secondary N) is 2. The average Bonchev–Trinajstić information content (AvgIpc) is 2.55. The van der Waals surface area contributed by atoms with Crippen LogP contribution in [0, 0.1) is 10.5 Å². The van der Waals surface area contributed by atoms with E-state index >= 15 is 0 Å². The molecule has 4 nitrogen and oxygen atoms in total. The molecule has 0 unspecified atom stereocenters. The Morgan fingerprint density at radius 3 is 2.56 bits per heavy atom. The fourth-order valence-corrected chi connectivity index (χ4v) is 3.24. The van der Waals surface area contributed by atoms with E-state index in [1.54, 1.807) is 12.1 Å². The Balaban J connectivity index is 2.15. The molecule has 0 aliphatic carbocycles. The lowest BCUT2D eigenvalue weighted by Gasteiger charge is -2.15. The highest BCUT2D eigenvalue weighted by molar-refractivity contribution is 14.1. The van der Waals surface area contributed by atoms with Crippen LogP contribution in [0.5, 0.6) is 0 Å². The fourth-order valence-electron chi connectivity index (χ4n) is 2.42. The van der Waals surface area contributed by atoms with Crippen molar-refractivity contribution in [1.82, 2.24) is 10.2 Å². The van der Waals surface area contributed by atoms with Crippen molar-refractivity contribution in [2.75, 3.05) is 32.5 Å².